The molecule has 1 aliphatic heterocycles. The zero-order valence-electron chi connectivity index (χ0n) is 10.4. The third-order valence-corrected chi connectivity index (χ3v) is 4.97. The number of rotatable bonds is 5. The number of anilines is 1. The summed E-state index contributed by atoms with van der Waals surface area (Å²) in [6, 6.07) is 4.40. The molecule has 0 amide bonds. The van der Waals surface area contributed by atoms with E-state index in [1.165, 1.54) is 12.1 Å². The van der Waals surface area contributed by atoms with E-state index in [9.17, 15) is 8.42 Å². The smallest absolute Gasteiger partial charge is 0.242 e. The largest absolute Gasteiger partial charge is 0.399 e. The van der Waals surface area contributed by atoms with Gasteiger partial charge >= 0.3 is 0 Å². The van der Waals surface area contributed by atoms with E-state index in [2.05, 4.69) is 4.72 Å². The van der Waals surface area contributed by atoms with Gasteiger partial charge in [-0.3, -0.25) is 0 Å². The molecule has 5 nitrogen and oxygen atoms in total. The van der Waals surface area contributed by atoms with Crippen LogP contribution in [0.25, 0.3) is 0 Å². The van der Waals surface area contributed by atoms with Crippen molar-refractivity contribution in [2.75, 3.05) is 18.9 Å². The molecule has 1 aliphatic rings. The van der Waals surface area contributed by atoms with Crippen LogP contribution in [0.5, 0.6) is 0 Å². The Morgan fingerprint density at radius 3 is 2.95 bits per heavy atom. The van der Waals surface area contributed by atoms with Gasteiger partial charge in [-0.05, 0) is 37.5 Å². The second-order valence-corrected chi connectivity index (χ2v) is 6.65. The van der Waals surface area contributed by atoms with Gasteiger partial charge in [-0.25, -0.2) is 13.1 Å². The fourth-order valence-corrected chi connectivity index (χ4v) is 3.61. The number of nitrogen functional groups attached to an aromatic ring is 1. The Kier molecular flexibility index (Phi) is 4.67. The number of ether oxygens (including phenoxy) is 1. The lowest BCUT2D eigenvalue weighted by atomic mass is 10.2. The van der Waals surface area contributed by atoms with Crippen LogP contribution >= 0.6 is 11.6 Å². The Bertz CT molecular complexity index is 542. The quantitative estimate of drug-likeness (QED) is 0.812. The van der Waals surface area contributed by atoms with Gasteiger partial charge in [0.25, 0.3) is 0 Å². The summed E-state index contributed by atoms with van der Waals surface area (Å²) in [5.41, 5.74) is 5.95. The summed E-state index contributed by atoms with van der Waals surface area (Å²) in [6.07, 6.45) is 2.84. The average molecular weight is 305 g/mol. The zero-order valence-corrected chi connectivity index (χ0v) is 12.0. The highest BCUT2D eigenvalue weighted by atomic mass is 35.5. The van der Waals surface area contributed by atoms with E-state index in [0.29, 0.717) is 18.7 Å². The van der Waals surface area contributed by atoms with Gasteiger partial charge in [0.1, 0.15) is 4.90 Å². The van der Waals surface area contributed by atoms with Gasteiger partial charge in [-0.1, -0.05) is 11.6 Å². The molecule has 0 spiro atoms. The first-order valence-electron chi connectivity index (χ1n) is 6.15. The molecule has 0 aliphatic carbocycles. The van der Waals surface area contributed by atoms with Gasteiger partial charge in [0.2, 0.25) is 10.0 Å². The minimum absolute atomic E-state index is 0.0153. The van der Waals surface area contributed by atoms with Gasteiger partial charge < -0.3 is 10.5 Å². The third kappa shape index (κ3) is 3.82. The van der Waals surface area contributed by atoms with Crippen LogP contribution in [0.3, 0.4) is 0 Å². The Labute approximate surface area is 118 Å². The highest BCUT2D eigenvalue weighted by molar-refractivity contribution is 7.89. The van der Waals surface area contributed by atoms with Gasteiger partial charge in [0.05, 0.1) is 11.1 Å². The third-order valence-electron chi connectivity index (χ3n) is 3.03. The van der Waals surface area contributed by atoms with Crippen LogP contribution in [0.2, 0.25) is 5.02 Å². The highest BCUT2D eigenvalue weighted by Gasteiger charge is 2.20. The van der Waals surface area contributed by atoms with Crippen molar-refractivity contribution in [2.24, 2.45) is 0 Å². The standard InChI is InChI=1S/C12H17ClN2O3S/c13-11-4-3-9(14)8-12(11)19(16,17)15-6-5-10-2-1-7-18-10/h3-4,8,10,15H,1-2,5-7,14H2. The number of benzene rings is 1. The number of hydrogen-bond donors (Lipinski definition) is 2. The van der Waals surface area contributed by atoms with Crippen LogP contribution in [0.1, 0.15) is 19.3 Å². The maximum absolute atomic E-state index is 12.1. The van der Waals surface area contributed by atoms with Crippen molar-refractivity contribution in [1.29, 1.82) is 0 Å². The summed E-state index contributed by atoms with van der Waals surface area (Å²) in [6.45, 7) is 1.09. The molecule has 3 N–H and O–H groups in total. The molecule has 106 valence electrons. The molecule has 1 unspecified atom stereocenters. The molecule has 1 fully saturated rings. The van der Waals surface area contributed by atoms with Crippen molar-refractivity contribution in [3.8, 4) is 0 Å². The summed E-state index contributed by atoms with van der Waals surface area (Å²) in [5.74, 6) is 0. The number of halogens is 1. The van der Waals surface area contributed by atoms with E-state index in [4.69, 9.17) is 22.1 Å². The molecular formula is C12H17ClN2O3S. The molecule has 0 aromatic heterocycles. The summed E-state index contributed by atoms with van der Waals surface area (Å²) >= 11 is 5.89. The fraction of sp³-hybridized carbons (Fsp3) is 0.500. The molecule has 1 aromatic rings. The molecule has 1 saturated heterocycles. The van der Waals surface area contributed by atoms with Crippen molar-refractivity contribution in [3.05, 3.63) is 23.2 Å². The molecule has 19 heavy (non-hydrogen) atoms. The molecular weight excluding hydrogens is 288 g/mol. The number of hydrogen-bond acceptors (Lipinski definition) is 4. The molecule has 1 aromatic carbocycles. The molecule has 7 heteroatoms. The predicted molar refractivity (Wildman–Crippen MR) is 74.6 cm³/mol. The second kappa shape index (κ2) is 6.09. The van der Waals surface area contributed by atoms with Crippen LogP contribution in [0.4, 0.5) is 5.69 Å². The molecule has 1 atom stereocenters. The highest BCUT2D eigenvalue weighted by Crippen LogP contribution is 2.23. The summed E-state index contributed by atoms with van der Waals surface area (Å²) < 4.78 is 32.1. The number of nitrogens with two attached hydrogens (primary N) is 1. The van der Waals surface area contributed by atoms with Crippen LogP contribution in [0, 0.1) is 0 Å². The Hall–Kier alpha value is -0.820. The van der Waals surface area contributed by atoms with Gasteiger partial charge in [0, 0.05) is 18.8 Å². The van der Waals surface area contributed by atoms with Crippen molar-refractivity contribution >= 4 is 27.3 Å². The Morgan fingerprint density at radius 2 is 2.26 bits per heavy atom. The molecule has 2 rings (SSSR count). The Balaban J connectivity index is 1.99. The minimum Gasteiger partial charge on any atom is -0.399 e. The maximum atomic E-state index is 12.1. The topological polar surface area (TPSA) is 81.4 Å². The predicted octanol–water partition coefficient (Wildman–Crippen LogP) is 1.77. The zero-order chi connectivity index (χ0) is 13.9. The number of nitrogens with one attached hydrogen (secondary N) is 1. The molecule has 1 heterocycles. The van der Waals surface area contributed by atoms with E-state index in [0.717, 1.165) is 19.4 Å². The van der Waals surface area contributed by atoms with E-state index in [1.807, 2.05) is 0 Å². The lowest BCUT2D eigenvalue weighted by Crippen LogP contribution is -2.27. The lowest BCUT2D eigenvalue weighted by Gasteiger charge is -2.11. The molecule has 0 bridgehead atoms. The first-order chi connectivity index (χ1) is 8.99. The van der Waals surface area contributed by atoms with Crippen molar-refractivity contribution < 1.29 is 13.2 Å². The normalized spacial score (nSPS) is 19.7. The van der Waals surface area contributed by atoms with Gasteiger partial charge in [0.15, 0.2) is 0 Å². The van der Waals surface area contributed by atoms with E-state index in [-0.39, 0.29) is 16.0 Å². The lowest BCUT2D eigenvalue weighted by molar-refractivity contribution is 0.105. The van der Waals surface area contributed by atoms with E-state index >= 15 is 0 Å². The second-order valence-electron chi connectivity index (χ2n) is 4.51. The summed E-state index contributed by atoms with van der Waals surface area (Å²) in [5, 5.41) is 0.166. The van der Waals surface area contributed by atoms with Crippen molar-refractivity contribution in [2.45, 2.75) is 30.3 Å². The van der Waals surface area contributed by atoms with Gasteiger partial charge in [-0.15, -0.1) is 0 Å². The first kappa shape index (κ1) is 14.6. The average Bonchev–Trinajstić information content (AvgIpc) is 2.85. The molecule has 0 radical (unpaired) electrons. The monoisotopic (exact) mass is 304 g/mol. The minimum atomic E-state index is -3.62. The SMILES string of the molecule is Nc1ccc(Cl)c(S(=O)(=O)NCCC2CCCO2)c1. The van der Waals surface area contributed by atoms with Crippen LogP contribution < -0.4 is 10.5 Å². The number of sulfonamides is 1. The van der Waals surface area contributed by atoms with Crippen molar-refractivity contribution in [1.82, 2.24) is 4.72 Å². The molecule has 0 saturated carbocycles. The van der Waals surface area contributed by atoms with E-state index in [1.54, 1.807) is 6.07 Å². The van der Waals surface area contributed by atoms with E-state index < -0.39 is 10.0 Å². The fourth-order valence-electron chi connectivity index (χ4n) is 2.03. The maximum Gasteiger partial charge on any atom is 0.242 e. The van der Waals surface area contributed by atoms with Crippen LogP contribution in [-0.2, 0) is 14.8 Å². The van der Waals surface area contributed by atoms with Crippen molar-refractivity contribution in [3.63, 3.8) is 0 Å². The Morgan fingerprint density at radius 1 is 1.47 bits per heavy atom. The van der Waals surface area contributed by atoms with Gasteiger partial charge in [-0.2, -0.15) is 0 Å². The summed E-state index contributed by atoms with van der Waals surface area (Å²) in [4.78, 5) is 0.0153. The van der Waals surface area contributed by atoms with Crippen LogP contribution in [-0.4, -0.2) is 27.7 Å². The van der Waals surface area contributed by atoms with Crippen LogP contribution in [0.15, 0.2) is 23.1 Å². The first-order valence-corrected chi connectivity index (χ1v) is 8.01. The summed E-state index contributed by atoms with van der Waals surface area (Å²) in [7, 11) is -3.62.